The van der Waals surface area contributed by atoms with Crippen LogP contribution in [0.1, 0.15) is 0 Å². The summed E-state index contributed by atoms with van der Waals surface area (Å²) in [6.07, 6.45) is 0. The molecular weight excluding hydrogens is 191 g/mol. The molecular formula is C6H4BrK. The largest absolute Gasteiger partial charge is 1.00 e. The predicted molar refractivity (Wildman–Crippen MR) is 33.0 cm³/mol. The van der Waals surface area contributed by atoms with Crippen LogP contribution < -0.4 is 51.4 Å². The molecule has 2 heteroatoms. The van der Waals surface area contributed by atoms with Gasteiger partial charge in [-0.05, 0) is 0 Å². The Morgan fingerprint density at radius 3 is 2.50 bits per heavy atom. The molecule has 0 aliphatic rings. The van der Waals surface area contributed by atoms with Gasteiger partial charge in [-0.1, -0.05) is 4.47 Å². The maximum atomic E-state index is 3.28. The van der Waals surface area contributed by atoms with E-state index in [0.717, 1.165) is 4.47 Å². The smallest absolute Gasteiger partial charge is 0.183 e. The first-order valence-corrected chi connectivity index (χ1v) is 2.80. The Hall–Kier alpha value is 1.34. The van der Waals surface area contributed by atoms with Crippen LogP contribution in [0.4, 0.5) is 0 Å². The standard InChI is InChI=1S/C6H4Br.K/c7-6-4-2-1-3-5-6;/h1-2,4-5H;/q-1;+1. The van der Waals surface area contributed by atoms with Crippen molar-refractivity contribution >= 4 is 15.9 Å². The minimum atomic E-state index is 0. The van der Waals surface area contributed by atoms with E-state index in [2.05, 4.69) is 22.0 Å². The van der Waals surface area contributed by atoms with Gasteiger partial charge in [-0.15, -0.1) is 15.9 Å². The van der Waals surface area contributed by atoms with Crippen molar-refractivity contribution in [3.05, 3.63) is 34.8 Å². The van der Waals surface area contributed by atoms with Crippen LogP contribution in [-0.4, -0.2) is 0 Å². The summed E-state index contributed by atoms with van der Waals surface area (Å²) in [5, 5.41) is 0. The monoisotopic (exact) mass is 194 g/mol. The van der Waals surface area contributed by atoms with Crippen LogP contribution in [0, 0.1) is 6.07 Å². The van der Waals surface area contributed by atoms with Gasteiger partial charge in [-0.3, -0.25) is 0 Å². The Morgan fingerprint density at radius 1 is 1.50 bits per heavy atom. The molecule has 0 aromatic heterocycles. The van der Waals surface area contributed by atoms with Crippen LogP contribution in [-0.2, 0) is 0 Å². The molecule has 0 atom stereocenters. The second kappa shape index (κ2) is 5.15. The summed E-state index contributed by atoms with van der Waals surface area (Å²) < 4.78 is 1.08. The second-order valence-electron chi connectivity index (χ2n) is 1.22. The van der Waals surface area contributed by atoms with Crippen molar-refractivity contribution in [1.82, 2.24) is 0 Å². The molecule has 36 valence electrons. The van der Waals surface area contributed by atoms with E-state index >= 15 is 0 Å². The van der Waals surface area contributed by atoms with Gasteiger partial charge in [0.1, 0.15) is 0 Å². The third kappa shape index (κ3) is 3.38. The number of benzene rings is 1. The maximum Gasteiger partial charge on any atom is 1.00 e. The molecule has 0 amide bonds. The zero-order chi connectivity index (χ0) is 5.11. The van der Waals surface area contributed by atoms with E-state index in [9.17, 15) is 0 Å². The zero-order valence-corrected chi connectivity index (χ0v) is 9.40. The van der Waals surface area contributed by atoms with E-state index < -0.39 is 0 Å². The number of hydrogen-bond acceptors (Lipinski definition) is 0. The van der Waals surface area contributed by atoms with Crippen LogP contribution in [0.3, 0.4) is 0 Å². The van der Waals surface area contributed by atoms with E-state index in [1.165, 1.54) is 0 Å². The van der Waals surface area contributed by atoms with Crippen LogP contribution in [0.25, 0.3) is 0 Å². The van der Waals surface area contributed by atoms with Crippen molar-refractivity contribution in [2.24, 2.45) is 0 Å². The van der Waals surface area contributed by atoms with Gasteiger partial charge >= 0.3 is 51.4 Å². The molecule has 8 heavy (non-hydrogen) atoms. The molecule has 0 fully saturated rings. The minimum Gasteiger partial charge on any atom is -0.183 e. The molecule has 1 aromatic rings. The summed E-state index contributed by atoms with van der Waals surface area (Å²) in [4.78, 5) is 0. The molecule has 0 unspecified atom stereocenters. The predicted octanol–water partition coefficient (Wildman–Crippen LogP) is -0.747. The summed E-state index contributed by atoms with van der Waals surface area (Å²) in [5.74, 6) is 0. The van der Waals surface area contributed by atoms with Gasteiger partial charge in [-0.25, -0.2) is 0 Å². The van der Waals surface area contributed by atoms with Crippen LogP contribution in [0.2, 0.25) is 0 Å². The average Bonchev–Trinajstić information content (AvgIpc) is 1.69. The summed E-state index contributed by atoms with van der Waals surface area (Å²) in [6, 6.07) is 10.6. The fourth-order valence-electron chi connectivity index (χ4n) is 0.371. The summed E-state index contributed by atoms with van der Waals surface area (Å²) >= 11 is 3.28. The zero-order valence-electron chi connectivity index (χ0n) is 4.69. The molecule has 0 radical (unpaired) electrons. The molecule has 0 aliphatic heterocycles. The topological polar surface area (TPSA) is 0 Å². The Morgan fingerprint density at radius 2 is 2.25 bits per heavy atom. The van der Waals surface area contributed by atoms with Gasteiger partial charge in [0.15, 0.2) is 0 Å². The van der Waals surface area contributed by atoms with Crippen molar-refractivity contribution in [3.8, 4) is 0 Å². The van der Waals surface area contributed by atoms with Crippen LogP contribution in [0.5, 0.6) is 0 Å². The number of hydrogen-bond donors (Lipinski definition) is 0. The van der Waals surface area contributed by atoms with Crippen LogP contribution in [0.15, 0.2) is 28.7 Å². The van der Waals surface area contributed by atoms with E-state index in [1.807, 2.05) is 24.3 Å². The molecule has 0 aliphatic carbocycles. The molecule has 1 rings (SSSR count). The van der Waals surface area contributed by atoms with E-state index in [-0.39, 0.29) is 51.4 Å². The molecule has 0 N–H and O–H groups in total. The first-order chi connectivity index (χ1) is 3.39. The van der Waals surface area contributed by atoms with Gasteiger partial charge in [0.05, 0.1) is 0 Å². The van der Waals surface area contributed by atoms with E-state index in [4.69, 9.17) is 0 Å². The Kier molecular flexibility index (Phi) is 6.01. The molecule has 0 bridgehead atoms. The summed E-state index contributed by atoms with van der Waals surface area (Å²) in [7, 11) is 0. The fourth-order valence-corrected chi connectivity index (χ4v) is 0.656. The number of halogens is 1. The normalized spacial score (nSPS) is 7.62. The maximum absolute atomic E-state index is 3.28. The third-order valence-corrected chi connectivity index (χ3v) is 1.16. The van der Waals surface area contributed by atoms with Gasteiger partial charge in [0.25, 0.3) is 0 Å². The van der Waals surface area contributed by atoms with Gasteiger partial charge < -0.3 is 0 Å². The molecule has 0 saturated heterocycles. The van der Waals surface area contributed by atoms with Crippen molar-refractivity contribution in [2.75, 3.05) is 0 Å². The molecule has 0 spiro atoms. The Bertz CT molecular complexity index is 138. The van der Waals surface area contributed by atoms with Crippen molar-refractivity contribution < 1.29 is 51.4 Å². The number of rotatable bonds is 0. The van der Waals surface area contributed by atoms with Crippen molar-refractivity contribution in [3.63, 3.8) is 0 Å². The summed E-state index contributed by atoms with van der Waals surface area (Å²) in [5.41, 5.74) is 0. The molecule has 1 aromatic carbocycles. The summed E-state index contributed by atoms with van der Waals surface area (Å²) in [6.45, 7) is 0. The molecule has 0 nitrogen and oxygen atoms in total. The Labute approximate surface area is 100 Å². The second-order valence-corrected chi connectivity index (χ2v) is 2.14. The van der Waals surface area contributed by atoms with Gasteiger partial charge in [-0.2, -0.15) is 30.3 Å². The average molecular weight is 195 g/mol. The minimum absolute atomic E-state index is 0. The quantitative estimate of drug-likeness (QED) is 0.377. The van der Waals surface area contributed by atoms with Gasteiger partial charge in [0, 0.05) is 0 Å². The van der Waals surface area contributed by atoms with Crippen LogP contribution >= 0.6 is 15.9 Å². The first-order valence-electron chi connectivity index (χ1n) is 2.01. The van der Waals surface area contributed by atoms with E-state index in [0.29, 0.717) is 0 Å². The fraction of sp³-hybridized carbons (Fsp3) is 0. The van der Waals surface area contributed by atoms with Crippen molar-refractivity contribution in [2.45, 2.75) is 0 Å². The Balaban J connectivity index is 0.000000490. The van der Waals surface area contributed by atoms with Gasteiger partial charge in [0.2, 0.25) is 0 Å². The third-order valence-electron chi connectivity index (χ3n) is 0.669. The van der Waals surface area contributed by atoms with E-state index in [1.54, 1.807) is 0 Å². The first kappa shape index (κ1) is 9.34. The SMILES string of the molecule is Brc1c[c-]ccc1.[K+]. The molecule has 0 heterocycles. The molecule has 0 saturated carbocycles. The van der Waals surface area contributed by atoms with Crippen molar-refractivity contribution in [1.29, 1.82) is 0 Å².